The molecule has 0 unspecified atom stereocenters. The third-order valence-corrected chi connectivity index (χ3v) is 4.78. The van der Waals surface area contributed by atoms with E-state index in [1.54, 1.807) is 30.3 Å². The standard InChI is InChI=1S/C18H21FN2O4S/c1-13(2)25-15-7-9-16(10-8-15)26(23,24)21-12-18(22)20-11-14-5-3-4-6-17(14)19/h3-10,13,21H,11-12H2,1-2H3,(H,20,22). The molecule has 0 saturated heterocycles. The highest BCUT2D eigenvalue weighted by Gasteiger charge is 2.16. The summed E-state index contributed by atoms with van der Waals surface area (Å²) < 4.78 is 45.6. The Morgan fingerprint density at radius 2 is 1.77 bits per heavy atom. The Balaban J connectivity index is 1.88. The quantitative estimate of drug-likeness (QED) is 0.735. The SMILES string of the molecule is CC(C)Oc1ccc(S(=O)(=O)NCC(=O)NCc2ccccc2F)cc1. The second-order valence-corrected chi connectivity index (χ2v) is 7.60. The van der Waals surface area contributed by atoms with Gasteiger partial charge in [0.1, 0.15) is 11.6 Å². The van der Waals surface area contributed by atoms with Gasteiger partial charge in [0, 0.05) is 12.1 Å². The number of carbonyl (C=O) groups excluding carboxylic acids is 1. The van der Waals surface area contributed by atoms with Crippen molar-refractivity contribution in [2.45, 2.75) is 31.4 Å². The average Bonchev–Trinajstić information content (AvgIpc) is 2.59. The third-order valence-electron chi connectivity index (χ3n) is 3.36. The summed E-state index contributed by atoms with van der Waals surface area (Å²) in [5.41, 5.74) is 0.324. The number of hydrogen-bond donors (Lipinski definition) is 2. The summed E-state index contributed by atoms with van der Waals surface area (Å²) in [6.45, 7) is 3.27. The Morgan fingerprint density at radius 1 is 1.12 bits per heavy atom. The zero-order valence-electron chi connectivity index (χ0n) is 14.5. The number of benzene rings is 2. The highest BCUT2D eigenvalue weighted by atomic mass is 32.2. The summed E-state index contributed by atoms with van der Waals surface area (Å²) >= 11 is 0. The topological polar surface area (TPSA) is 84.5 Å². The van der Waals surface area contributed by atoms with Crippen LogP contribution in [0.4, 0.5) is 4.39 Å². The van der Waals surface area contributed by atoms with Gasteiger partial charge in [0.25, 0.3) is 0 Å². The van der Waals surface area contributed by atoms with Crippen LogP contribution in [0.15, 0.2) is 53.4 Å². The van der Waals surface area contributed by atoms with E-state index in [1.807, 2.05) is 13.8 Å². The molecule has 0 aromatic heterocycles. The van der Waals surface area contributed by atoms with Crippen molar-refractivity contribution in [3.63, 3.8) is 0 Å². The van der Waals surface area contributed by atoms with E-state index in [-0.39, 0.29) is 17.5 Å². The molecule has 2 N–H and O–H groups in total. The van der Waals surface area contributed by atoms with E-state index < -0.39 is 28.3 Å². The molecule has 0 aliphatic rings. The van der Waals surface area contributed by atoms with Crippen LogP contribution < -0.4 is 14.8 Å². The van der Waals surface area contributed by atoms with Crippen LogP contribution >= 0.6 is 0 Å². The summed E-state index contributed by atoms with van der Waals surface area (Å²) in [5, 5.41) is 2.47. The number of carbonyl (C=O) groups is 1. The fourth-order valence-corrected chi connectivity index (χ4v) is 3.09. The molecule has 26 heavy (non-hydrogen) atoms. The summed E-state index contributed by atoms with van der Waals surface area (Å²) in [5.74, 6) is -0.435. The first-order valence-corrected chi connectivity index (χ1v) is 9.53. The molecule has 8 heteroatoms. The molecule has 0 aliphatic carbocycles. The Bertz CT molecular complexity index is 852. The Kier molecular flexibility index (Phi) is 6.70. The number of nitrogens with one attached hydrogen (secondary N) is 2. The largest absolute Gasteiger partial charge is 0.491 e. The number of amides is 1. The smallest absolute Gasteiger partial charge is 0.241 e. The molecule has 140 valence electrons. The predicted molar refractivity (Wildman–Crippen MR) is 95.6 cm³/mol. The fraction of sp³-hybridized carbons (Fsp3) is 0.278. The Hall–Kier alpha value is -2.45. The van der Waals surface area contributed by atoms with Crippen LogP contribution in [0.1, 0.15) is 19.4 Å². The van der Waals surface area contributed by atoms with Gasteiger partial charge in [0.15, 0.2) is 0 Å². The van der Waals surface area contributed by atoms with Crippen LogP contribution in [0.2, 0.25) is 0 Å². The lowest BCUT2D eigenvalue weighted by Gasteiger charge is -2.11. The lowest BCUT2D eigenvalue weighted by molar-refractivity contribution is -0.120. The van der Waals surface area contributed by atoms with Gasteiger partial charge >= 0.3 is 0 Å². The highest BCUT2D eigenvalue weighted by Crippen LogP contribution is 2.16. The van der Waals surface area contributed by atoms with Gasteiger partial charge in [0.2, 0.25) is 15.9 Å². The monoisotopic (exact) mass is 380 g/mol. The van der Waals surface area contributed by atoms with E-state index in [4.69, 9.17) is 4.74 Å². The first-order valence-electron chi connectivity index (χ1n) is 8.04. The normalized spacial score (nSPS) is 11.4. The summed E-state index contributed by atoms with van der Waals surface area (Å²) in [4.78, 5) is 11.8. The molecular formula is C18H21FN2O4S. The van der Waals surface area contributed by atoms with E-state index >= 15 is 0 Å². The summed E-state index contributed by atoms with van der Waals surface area (Å²) in [6, 6.07) is 11.9. The van der Waals surface area contributed by atoms with Gasteiger partial charge in [-0.3, -0.25) is 4.79 Å². The minimum absolute atomic E-state index is 0.0194. The molecule has 2 aromatic carbocycles. The number of hydrogen-bond acceptors (Lipinski definition) is 4. The van der Waals surface area contributed by atoms with Crippen LogP contribution in [-0.2, 0) is 21.4 Å². The number of sulfonamides is 1. The second-order valence-electron chi connectivity index (χ2n) is 5.83. The molecule has 1 amide bonds. The van der Waals surface area contributed by atoms with Crippen molar-refractivity contribution < 1.29 is 22.3 Å². The van der Waals surface area contributed by atoms with Gasteiger partial charge in [-0.25, -0.2) is 17.5 Å². The van der Waals surface area contributed by atoms with E-state index in [9.17, 15) is 17.6 Å². The maximum atomic E-state index is 13.5. The molecule has 0 radical (unpaired) electrons. The first kappa shape index (κ1) is 19.9. The van der Waals surface area contributed by atoms with Gasteiger partial charge in [0.05, 0.1) is 17.5 Å². The maximum absolute atomic E-state index is 13.5. The van der Waals surface area contributed by atoms with E-state index in [0.717, 1.165) is 0 Å². The number of ether oxygens (including phenoxy) is 1. The molecule has 0 heterocycles. The average molecular weight is 380 g/mol. The predicted octanol–water partition coefficient (Wildman–Crippen LogP) is 2.21. The lowest BCUT2D eigenvalue weighted by Crippen LogP contribution is -2.36. The van der Waals surface area contributed by atoms with Crippen molar-refractivity contribution in [3.8, 4) is 5.75 Å². The fourth-order valence-electron chi connectivity index (χ4n) is 2.11. The zero-order valence-corrected chi connectivity index (χ0v) is 15.3. The van der Waals surface area contributed by atoms with Crippen molar-refractivity contribution >= 4 is 15.9 Å². The van der Waals surface area contributed by atoms with E-state index in [0.29, 0.717) is 11.3 Å². The molecule has 2 aromatic rings. The van der Waals surface area contributed by atoms with Crippen molar-refractivity contribution in [2.75, 3.05) is 6.54 Å². The van der Waals surface area contributed by atoms with Gasteiger partial charge in [-0.05, 0) is 44.2 Å². The number of halogens is 1. The number of rotatable bonds is 8. The molecule has 0 fully saturated rings. The summed E-state index contributed by atoms with van der Waals surface area (Å²) in [7, 11) is -3.83. The van der Waals surface area contributed by atoms with E-state index in [1.165, 1.54) is 18.2 Å². The molecule has 6 nitrogen and oxygen atoms in total. The van der Waals surface area contributed by atoms with Gasteiger partial charge < -0.3 is 10.1 Å². The van der Waals surface area contributed by atoms with Crippen molar-refractivity contribution in [2.24, 2.45) is 0 Å². The van der Waals surface area contributed by atoms with Gasteiger partial charge in [-0.1, -0.05) is 18.2 Å². The molecule has 0 bridgehead atoms. The third kappa shape index (κ3) is 5.82. The minimum atomic E-state index is -3.83. The van der Waals surface area contributed by atoms with Crippen molar-refractivity contribution in [1.29, 1.82) is 0 Å². The Morgan fingerprint density at radius 3 is 2.38 bits per heavy atom. The lowest BCUT2D eigenvalue weighted by atomic mass is 10.2. The van der Waals surface area contributed by atoms with Crippen LogP contribution in [0.3, 0.4) is 0 Å². The van der Waals surface area contributed by atoms with Crippen molar-refractivity contribution in [3.05, 3.63) is 59.9 Å². The molecule has 0 aliphatic heterocycles. The minimum Gasteiger partial charge on any atom is -0.491 e. The van der Waals surface area contributed by atoms with Crippen LogP contribution in [0, 0.1) is 5.82 Å². The maximum Gasteiger partial charge on any atom is 0.241 e. The van der Waals surface area contributed by atoms with Crippen LogP contribution in [-0.4, -0.2) is 27.0 Å². The molecular weight excluding hydrogens is 359 g/mol. The Labute approximate surface area is 152 Å². The zero-order chi connectivity index (χ0) is 19.2. The van der Waals surface area contributed by atoms with Crippen LogP contribution in [0.5, 0.6) is 5.75 Å². The molecule has 0 atom stereocenters. The highest BCUT2D eigenvalue weighted by molar-refractivity contribution is 7.89. The van der Waals surface area contributed by atoms with Gasteiger partial charge in [-0.2, -0.15) is 0 Å². The molecule has 0 saturated carbocycles. The molecule has 2 rings (SSSR count). The molecule has 0 spiro atoms. The van der Waals surface area contributed by atoms with Crippen LogP contribution in [0.25, 0.3) is 0 Å². The first-order chi connectivity index (χ1) is 12.3. The van der Waals surface area contributed by atoms with Crippen molar-refractivity contribution in [1.82, 2.24) is 10.0 Å². The van der Waals surface area contributed by atoms with E-state index in [2.05, 4.69) is 10.0 Å². The second kappa shape index (κ2) is 8.77. The van der Waals surface area contributed by atoms with Gasteiger partial charge in [-0.15, -0.1) is 0 Å². The summed E-state index contributed by atoms with van der Waals surface area (Å²) in [6.07, 6.45) is -0.0197.